The van der Waals surface area contributed by atoms with Crippen LogP contribution in [-0.2, 0) is 9.53 Å². The average molecular weight is 458 g/mol. The summed E-state index contributed by atoms with van der Waals surface area (Å²) < 4.78 is 4.67. The van der Waals surface area contributed by atoms with Gasteiger partial charge in [0.05, 0.1) is 7.11 Å². The van der Waals surface area contributed by atoms with Crippen LogP contribution in [0.4, 0.5) is 14.9 Å². The number of benzene rings is 3. The maximum Gasteiger partial charge on any atom is 0.413 e. The molecule has 1 aromatic heterocycles. The molecule has 166 valence electrons. The van der Waals surface area contributed by atoms with Gasteiger partial charge in [-0.15, -0.1) is 0 Å². The molecule has 0 unspecified atom stereocenters. The van der Waals surface area contributed by atoms with E-state index in [-0.39, 0.29) is 18.2 Å². The van der Waals surface area contributed by atoms with Gasteiger partial charge < -0.3 is 10.1 Å². The molecular formula is C26H23N3O3S. The lowest BCUT2D eigenvalue weighted by atomic mass is 9.88. The minimum absolute atomic E-state index is 0.0897. The number of hydrogen-bond donors (Lipinski definition) is 2. The molecule has 4 rings (SSSR count). The highest BCUT2D eigenvalue weighted by molar-refractivity contribution is 7.20. The molecule has 0 spiro atoms. The maximum absolute atomic E-state index is 13.2. The predicted octanol–water partition coefficient (Wildman–Crippen LogP) is 6.15. The molecule has 4 aromatic rings. The van der Waals surface area contributed by atoms with Gasteiger partial charge in [0.15, 0.2) is 5.13 Å². The van der Waals surface area contributed by atoms with E-state index in [1.807, 2.05) is 91.0 Å². The third-order valence-electron chi connectivity index (χ3n) is 5.12. The summed E-state index contributed by atoms with van der Waals surface area (Å²) in [5.41, 5.74) is 3.57. The Balaban J connectivity index is 1.61. The van der Waals surface area contributed by atoms with Gasteiger partial charge in [-0.3, -0.25) is 10.1 Å². The maximum atomic E-state index is 13.2. The molecule has 0 radical (unpaired) electrons. The van der Waals surface area contributed by atoms with E-state index >= 15 is 0 Å². The Labute approximate surface area is 196 Å². The molecule has 3 aromatic carbocycles. The van der Waals surface area contributed by atoms with Crippen molar-refractivity contribution in [3.8, 4) is 11.3 Å². The van der Waals surface area contributed by atoms with E-state index in [4.69, 9.17) is 0 Å². The number of carbonyl (C=O) groups is 2. The van der Waals surface area contributed by atoms with Gasteiger partial charge in [-0.2, -0.15) is 0 Å². The van der Waals surface area contributed by atoms with Gasteiger partial charge in [0.1, 0.15) is 10.7 Å². The molecule has 1 heterocycles. The molecule has 0 aliphatic carbocycles. The molecule has 0 saturated carbocycles. The van der Waals surface area contributed by atoms with Crippen molar-refractivity contribution in [2.24, 2.45) is 0 Å². The van der Waals surface area contributed by atoms with Gasteiger partial charge in [0, 0.05) is 17.9 Å². The molecule has 33 heavy (non-hydrogen) atoms. The van der Waals surface area contributed by atoms with Crippen LogP contribution in [0.5, 0.6) is 0 Å². The van der Waals surface area contributed by atoms with Crippen molar-refractivity contribution in [2.75, 3.05) is 17.7 Å². The monoisotopic (exact) mass is 457 g/mol. The Kier molecular flexibility index (Phi) is 7.12. The first kappa shape index (κ1) is 22.2. The van der Waals surface area contributed by atoms with Crippen LogP contribution >= 0.6 is 11.3 Å². The van der Waals surface area contributed by atoms with E-state index in [0.29, 0.717) is 15.8 Å². The van der Waals surface area contributed by atoms with E-state index in [2.05, 4.69) is 20.4 Å². The summed E-state index contributed by atoms with van der Waals surface area (Å²) in [7, 11) is 1.29. The van der Waals surface area contributed by atoms with Gasteiger partial charge in [0.25, 0.3) is 0 Å². The second kappa shape index (κ2) is 10.6. The summed E-state index contributed by atoms with van der Waals surface area (Å²) in [5.74, 6) is -0.230. The number of aromatic nitrogens is 1. The van der Waals surface area contributed by atoms with Crippen molar-refractivity contribution in [3.05, 3.63) is 102 Å². The minimum Gasteiger partial charge on any atom is -0.453 e. The number of hydrogen-bond acceptors (Lipinski definition) is 5. The van der Waals surface area contributed by atoms with Crippen molar-refractivity contribution in [1.82, 2.24) is 4.98 Å². The summed E-state index contributed by atoms with van der Waals surface area (Å²) in [6, 6.07) is 29.5. The lowest BCUT2D eigenvalue weighted by Gasteiger charge is -2.18. The van der Waals surface area contributed by atoms with E-state index < -0.39 is 6.09 Å². The molecule has 6 nitrogen and oxygen atoms in total. The van der Waals surface area contributed by atoms with Crippen LogP contribution in [0, 0.1) is 0 Å². The Morgan fingerprint density at radius 3 is 1.94 bits per heavy atom. The van der Waals surface area contributed by atoms with Gasteiger partial charge in [0.2, 0.25) is 5.91 Å². The zero-order valence-corrected chi connectivity index (χ0v) is 18.8. The number of nitrogens with one attached hydrogen (secondary N) is 2. The topological polar surface area (TPSA) is 80.3 Å². The number of anilines is 2. The Morgan fingerprint density at radius 2 is 1.39 bits per heavy atom. The first-order chi connectivity index (χ1) is 16.1. The molecule has 2 N–H and O–H groups in total. The van der Waals surface area contributed by atoms with Gasteiger partial charge >= 0.3 is 6.09 Å². The zero-order chi connectivity index (χ0) is 23.0. The molecule has 0 saturated heterocycles. The van der Waals surface area contributed by atoms with Gasteiger partial charge in [-0.25, -0.2) is 9.78 Å². The van der Waals surface area contributed by atoms with Crippen LogP contribution in [0.2, 0.25) is 0 Å². The van der Waals surface area contributed by atoms with E-state index in [1.165, 1.54) is 18.4 Å². The molecular weight excluding hydrogens is 434 g/mol. The standard InChI is InChI=1S/C26H23N3O3S/c1-32-26(31)29-25-28-23(20-15-9-4-10-16-20)24(33-25)27-22(30)17-21(18-11-5-2-6-12-18)19-13-7-3-8-14-19/h2-16,21H,17H2,1H3,(H,27,30)(H,28,29,31). The second-order valence-electron chi connectivity index (χ2n) is 7.31. The highest BCUT2D eigenvalue weighted by atomic mass is 32.1. The molecule has 7 heteroatoms. The summed E-state index contributed by atoms with van der Waals surface area (Å²) in [5, 5.41) is 6.51. The van der Waals surface area contributed by atoms with Crippen LogP contribution in [0.3, 0.4) is 0 Å². The SMILES string of the molecule is COC(=O)Nc1nc(-c2ccccc2)c(NC(=O)CC(c2ccccc2)c2ccccc2)s1. The van der Waals surface area contributed by atoms with Crippen LogP contribution in [0.15, 0.2) is 91.0 Å². The van der Waals surface area contributed by atoms with Crippen LogP contribution in [0.25, 0.3) is 11.3 Å². The molecule has 0 aliphatic rings. The number of amides is 2. The Bertz CT molecular complexity index is 1170. The minimum atomic E-state index is -0.616. The summed E-state index contributed by atoms with van der Waals surface area (Å²) in [4.78, 5) is 29.4. The van der Waals surface area contributed by atoms with Crippen molar-refractivity contribution >= 4 is 33.5 Å². The van der Waals surface area contributed by atoms with Crippen molar-refractivity contribution in [1.29, 1.82) is 0 Å². The number of thiazole rings is 1. The smallest absolute Gasteiger partial charge is 0.413 e. The molecule has 0 bridgehead atoms. The lowest BCUT2D eigenvalue weighted by Crippen LogP contribution is -2.16. The number of methoxy groups -OCH3 is 1. The number of nitrogens with zero attached hydrogens (tertiary/aromatic N) is 1. The third-order valence-corrected chi connectivity index (χ3v) is 6.00. The molecule has 0 atom stereocenters. The van der Waals surface area contributed by atoms with Crippen LogP contribution < -0.4 is 10.6 Å². The number of carbonyl (C=O) groups excluding carboxylic acids is 2. The quantitative estimate of drug-likeness (QED) is 0.349. The second-order valence-corrected chi connectivity index (χ2v) is 8.30. The lowest BCUT2D eigenvalue weighted by molar-refractivity contribution is -0.116. The van der Waals surface area contributed by atoms with Crippen LogP contribution in [-0.4, -0.2) is 24.1 Å². The third kappa shape index (κ3) is 5.64. The number of rotatable bonds is 7. The van der Waals surface area contributed by atoms with E-state index in [1.54, 1.807) is 0 Å². The van der Waals surface area contributed by atoms with Crippen LogP contribution in [0.1, 0.15) is 23.5 Å². The average Bonchev–Trinajstić information content (AvgIpc) is 3.25. The summed E-state index contributed by atoms with van der Waals surface area (Å²) in [6.07, 6.45) is -0.352. The Hall–Kier alpha value is -3.97. The largest absolute Gasteiger partial charge is 0.453 e. The zero-order valence-electron chi connectivity index (χ0n) is 18.0. The predicted molar refractivity (Wildman–Crippen MR) is 132 cm³/mol. The highest BCUT2D eigenvalue weighted by Gasteiger charge is 2.21. The fourth-order valence-corrected chi connectivity index (χ4v) is 4.44. The molecule has 2 amide bonds. The first-order valence-electron chi connectivity index (χ1n) is 10.4. The fourth-order valence-electron chi connectivity index (χ4n) is 3.55. The molecule has 0 fully saturated rings. The van der Waals surface area contributed by atoms with Gasteiger partial charge in [-0.05, 0) is 11.1 Å². The summed E-state index contributed by atoms with van der Waals surface area (Å²) >= 11 is 1.19. The van der Waals surface area contributed by atoms with Crippen molar-refractivity contribution in [3.63, 3.8) is 0 Å². The van der Waals surface area contributed by atoms with E-state index in [9.17, 15) is 9.59 Å². The molecule has 0 aliphatic heterocycles. The van der Waals surface area contributed by atoms with Crippen molar-refractivity contribution in [2.45, 2.75) is 12.3 Å². The van der Waals surface area contributed by atoms with Crippen molar-refractivity contribution < 1.29 is 14.3 Å². The normalized spacial score (nSPS) is 10.6. The summed E-state index contributed by atoms with van der Waals surface area (Å²) in [6.45, 7) is 0. The Morgan fingerprint density at radius 1 is 0.848 bits per heavy atom. The van der Waals surface area contributed by atoms with Gasteiger partial charge in [-0.1, -0.05) is 102 Å². The highest BCUT2D eigenvalue weighted by Crippen LogP contribution is 2.37. The number of ether oxygens (including phenoxy) is 1. The van der Waals surface area contributed by atoms with E-state index in [0.717, 1.165) is 16.7 Å². The fraction of sp³-hybridized carbons (Fsp3) is 0.115. The first-order valence-corrected chi connectivity index (χ1v) is 11.3.